The lowest BCUT2D eigenvalue weighted by Gasteiger charge is -2.23. The van der Waals surface area contributed by atoms with Crippen molar-refractivity contribution in [1.82, 2.24) is 5.32 Å². The summed E-state index contributed by atoms with van der Waals surface area (Å²) in [7, 11) is 0. The number of nitrogens with one attached hydrogen (secondary N) is 1. The highest BCUT2D eigenvalue weighted by Crippen LogP contribution is 2.07. The first-order chi connectivity index (χ1) is 8.08. The second kappa shape index (κ2) is 7.24. The van der Waals surface area contributed by atoms with Gasteiger partial charge >= 0.3 is 5.97 Å². The minimum Gasteiger partial charge on any atom is -0.481 e. The van der Waals surface area contributed by atoms with Crippen LogP contribution in [0, 0.1) is 5.92 Å². The van der Waals surface area contributed by atoms with E-state index in [1.807, 2.05) is 0 Å². The smallest absolute Gasteiger partial charge is 0.303 e. The van der Waals surface area contributed by atoms with Gasteiger partial charge in [-0.2, -0.15) is 0 Å². The van der Waals surface area contributed by atoms with Crippen LogP contribution in [0.25, 0.3) is 0 Å². The fourth-order valence-corrected chi connectivity index (χ4v) is 1.64. The summed E-state index contributed by atoms with van der Waals surface area (Å²) in [5.41, 5.74) is 0. The number of amides is 1. The van der Waals surface area contributed by atoms with Crippen LogP contribution >= 0.6 is 0 Å². The summed E-state index contributed by atoms with van der Waals surface area (Å²) >= 11 is 0. The second-order valence-electron chi connectivity index (χ2n) is 4.28. The Kier molecular flexibility index (Phi) is 5.93. The van der Waals surface area contributed by atoms with Crippen molar-refractivity contribution in [3.63, 3.8) is 0 Å². The zero-order valence-corrected chi connectivity index (χ0v) is 9.98. The number of carbonyl (C=O) groups excluding carboxylic acids is 1. The van der Waals surface area contributed by atoms with E-state index in [1.54, 1.807) is 6.92 Å². The highest BCUT2D eigenvalue weighted by molar-refractivity contribution is 5.77. The lowest BCUT2D eigenvalue weighted by atomic mass is 10.0. The summed E-state index contributed by atoms with van der Waals surface area (Å²) < 4.78 is 10.6. The SMILES string of the molecule is CC(CC(=O)O)CC(=O)NCC1COCCO1. The highest BCUT2D eigenvalue weighted by atomic mass is 16.6. The van der Waals surface area contributed by atoms with Gasteiger partial charge in [-0.3, -0.25) is 9.59 Å². The van der Waals surface area contributed by atoms with E-state index < -0.39 is 5.97 Å². The molecule has 2 unspecified atom stereocenters. The number of rotatable bonds is 6. The van der Waals surface area contributed by atoms with E-state index in [2.05, 4.69) is 5.32 Å². The summed E-state index contributed by atoms with van der Waals surface area (Å²) in [6, 6.07) is 0. The Morgan fingerprint density at radius 3 is 2.76 bits per heavy atom. The summed E-state index contributed by atoms with van der Waals surface area (Å²) in [5.74, 6) is -1.18. The third-order valence-electron chi connectivity index (χ3n) is 2.47. The molecule has 6 nitrogen and oxygen atoms in total. The number of carboxylic acid groups (broad SMARTS) is 1. The zero-order chi connectivity index (χ0) is 12.7. The van der Waals surface area contributed by atoms with Crippen LogP contribution in [0.4, 0.5) is 0 Å². The van der Waals surface area contributed by atoms with Crippen molar-refractivity contribution >= 4 is 11.9 Å². The Morgan fingerprint density at radius 2 is 2.18 bits per heavy atom. The van der Waals surface area contributed by atoms with Crippen molar-refractivity contribution in [2.45, 2.75) is 25.9 Å². The molecular formula is C11H19NO5. The molecule has 1 fully saturated rings. The molecule has 1 heterocycles. The minimum atomic E-state index is -0.880. The molecule has 1 amide bonds. The van der Waals surface area contributed by atoms with Gasteiger partial charge in [0.2, 0.25) is 5.91 Å². The normalized spacial score (nSPS) is 21.8. The summed E-state index contributed by atoms with van der Waals surface area (Å²) in [6.45, 7) is 3.80. The number of hydrogen-bond donors (Lipinski definition) is 2. The predicted octanol–water partition coefficient (Wildman–Crippen LogP) is 0.0189. The molecule has 0 aromatic carbocycles. The Bertz CT molecular complexity index is 263. The van der Waals surface area contributed by atoms with Crippen LogP contribution < -0.4 is 5.32 Å². The standard InChI is InChI=1S/C11H19NO5/c1-8(5-11(14)15)4-10(13)12-6-9-7-16-2-3-17-9/h8-9H,2-7H2,1H3,(H,12,13)(H,14,15). The van der Waals surface area contributed by atoms with E-state index in [0.717, 1.165) is 0 Å². The molecule has 0 radical (unpaired) electrons. The molecular weight excluding hydrogens is 226 g/mol. The van der Waals surface area contributed by atoms with E-state index in [1.165, 1.54) is 0 Å². The molecule has 0 aromatic heterocycles. The van der Waals surface area contributed by atoms with Crippen LogP contribution in [-0.4, -0.2) is 49.5 Å². The average molecular weight is 245 g/mol. The largest absolute Gasteiger partial charge is 0.481 e. The van der Waals surface area contributed by atoms with Crippen LogP contribution in [-0.2, 0) is 19.1 Å². The Hall–Kier alpha value is -1.14. The maximum Gasteiger partial charge on any atom is 0.303 e. The maximum absolute atomic E-state index is 11.5. The molecule has 1 rings (SSSR count). The zero-order valence-electron chi connectivity index (χ0n) is 9.98. The van der Waals surface area contributed by atoms with E-state index in [9.17, 15) is 9.59 Å². The summed E-state index contributed by atoms with van der Waals surface area (Å²) in [4.78, 5) is 21.9. The van der Waals surface area contributed by atoms with Gasteiger partial charge in [0.05, 0.1) is 25.9 Å². The lowest BCUT2D eigenvalue weighted by molar-refractivity contribution is -0.138. The van der Waals surface area contributed by atoms with Gasteiger partial charge in [0.15, 0.2) is 0 Å². The second-order valence-corrected chi connectivity index (χ2v) is 4.28. The van der Waals surface area contributed by atoms with E-state index in [-0.39, 0.29) is 30.8 Å². The van der Waals surface area contributed by atoms with E-state index in [0.29, 0.717) is 26.4 Å². The van der Waals surface area contributed by atoms with Crippen molar-refractivity contribution in [2.24, 2.45) is 5.92 Å². The van der Waals surface area contributed by atoms with Crippen LogP contribution in [0.5, 0.6) is 0 Å². The summed E-state index contributed by atoms with van der Waals surface area (Å²) in [6.07, 6.45) is 0.138. The van der Waals surface area contributed by atoms with Crippen LogP contribution in [0.15, 0.2) is 0 Å². The highest BCUT2D eigenvalue weighted by Gasteiger charge is 2.17. The fraction of sp³-hybridized carbons (Fsp3) is 0.818. The van der Waals surface area contributed by atoms with Gasteiger partial charge in [-0.15, -0.1) is 0 Å². The van der Waals surface area contributed by atoms with E-state index >= 15 is 0 Å². The van der Waals surface area contributed by atoms with Gasteiger partial charge in [-0.25, -0.2) is 0 Å². The third kappa shape index (κ3) is 6.23. The molecule has 0 bridgehead atoms. The van der Waals surface area contributed by atoms with Crippen LogP contribution in [0.2, 0.25) is 0 Å². The van der Waals surface area contributed by atoms with Crippen LogP contribution in [0.1, 0.15) is 19.8 Å². The number of carbonyl (C=O) groups is 2. The van der Waals surface area contributed by atoms with Gasteiger partial charge < -0.3 is 19.9 Å². The first kappa shape index (κ1) is 13.9. The molecule has 2 N–H and O–H groups in total. The van der Waals surface area contributed by atoms with Gasteiger partial charge in [-0.1, -0.05) is 6.92 Å². The quantitative estimate of drug-likeness (QED) is 0.689. The number of ether oxygens (including phenoxy) is 2. The molecule has 2 atom stereocenters. The van der Waals surface area contributed by atoms with Crippen molar-refractivity contribution < 1.29 is 24.2 Å². The summed E-state index contributed by atoms with van der Waals surface area (Å²) in [5, 5.41) is 11.3. The topological polar surface area (TPSA) is 84.9 Å². The van der Waals surface area contributed by atoms with Crippen molar-refractivity contribution in [2.75, 3.05) is 26.4 Å². The van der Waals surface area contributed by atoms with E-state index in [4.69, 9.17) is 14.6 Å². The molecule has 98 valence electrons. The van der Waals surface area contributed by atoms with Gasteiger partial charge in [-0.05, 0) is 5.92 Å². The third-order valence-corrected chi connectivity index (χ3v) is 2.47. The molecule has 0 saturated carbocycles. The lowest BCUT2D eigenvalue weighted by Crippen LogP contribution is -2.40. The Morgan fingerprint density at radius 1 is 1.41 bits per heavy atom. The molecule has 0 aromatic rings. The molecule has 1 aliphatic rings. The van der Waals surface area contributed by atoms with Crippen molar-refractivity contribution in [3.8, 4) is 0 Å². The van der Waals surface area contributed by atoms with Gasteiger partial charge in [0.1, 0.15) is 0 Å². The number of carboxylic acids is 1. The maximum atomic E-state index is 11.5. The first-order valence-corrected chi connectivity index (χ1v) is 5.75. The van der Waals surface area contributed by atoms with Gasteiger partial charge in [0, 0.05) is 19.4 Å². The molecule has 6 heteroatoms. The minimum absolute atomic E-state index is 0.0104. The van der Waals surface area contributed by atoms with Crippen molar-refractivity contribution in [3.05, 3.63) is 0 Å². The Labute approximate surface area is 100 Å². The first-order valence-electron chi connectivity index (χ1n) is 5.75. The van der Waals surface area contributed by atoms with Crippen LogP contribution in [0.3, 0.4) is 0 Å². The molecule has 0 aliphatic carbocycles. The molecule has 0 spiro atoms. The van der Waals surface area contributed by atoms with Gasteiger partial charge in [0.25, 0.3) is 0 Å². The Balaban J connectivity index is 2.13. The monoisotopic (exact) mass is 245 g/mol. The predicted molar refractivity (Wildman–Crippen MR) is 59.6 cm³/mol. The fourth-order valence-electron chi connectivity index (χ4n) is 1.64. The molecule has 17 heavy (non-hydrogen) atoms. The molecule has 1 aliphatic heterocycles. The van der Waals surface area contributed by atoms with Crippen molar-refractivity contribution in [1.29, 1.82) is 0 Å². The molecule has 1 saturated heterocycles. The number of aliphatic carboxylic acids is 1. The number of hydrogen-bond acceptors (Lipinski definition) is 4. The average Bonchev–Trinajstić information content (AvgIpc) is 2.26.